The molecule has 2 unspecified atom stereocenters. The lowest BCUT2D eigenvalue weighted by atomic mass is 9.99. The minimum absolute atomic E-state index is 0.0638. The zero-order chi connectivity index (χ0) is 14.4. The number of carbonyl (C=O) groups excluding carboxylic acids is 1. The normalized spacial score (nSPS) is 13.9. The molecule has 0 saturated carbocycles. The Bertz CT molecular complexity index is 482. The highest BCUT2D eigenvalue weighted by atomic mass is 16.2. The monoisotopic (exact) mass is 265 g/mol. The fourth-order valence-corrected chi connectivity index (χ4v) is 1.76. The minimum Gasteiger partial charge on any atom is -0.323 e. The predicted octanol–water partition coefficient (Wildman–Crippen LogP) is 1.57. The second-order valence-electron chi connectivity index (χ2n) is 4.85. The van der Waals surface area contributed by atoms with Gasteiger partial charge in [0.1, 0.15) is 0 Å². The van der Waals surface area contributed by atoms with Gasteiger partial charge >= 0.3 is 0 Å². The summed E-state index contributed by atoms with van der Waals surface area (Å²) >= 11 is 0. The second-order valence-corrected chi connectivity index (χ2v) is 4.85. The summed E-state index contributed by atoms with van der Waals surface area (Å²) in [5.41, 5.74) is 6.41. The molecule has 2 atom stereocenters. The first-order valence-corrected chi connectivity index (χ1v) is 6.76. The van der Waals surface area contributed by atoms with Gasteiger partial charge in [0, 0.05) is 18.8 Å². The van der Waals surface area contributed by atoms with Crippen molar-refractivity contribution in [1.82, 2.24) is 4.57 Å². The predicted molar refractivity (Wildman–Crippen MR) is 77.1 cm³/mol. The van der Waals surface area contributed by atoms with Crippen molar-refractivity contribution < 1.29 is 4.79 Å². The standard InChI is InChI=1S/C14H23N3O2/c1-4-8-17-9-11(6-7-12(17)18)16-14(19)13(15)10(3)5-2/h6-7,9-10,13H,4-5,8,15H2,1-3H3,(H,16,19). The number of anilines is 1. The first-order valence-electron chi connectivity index (χ1n) is 6.76. The van der Waals surface area contributed by atoms with Gasteiger partial charge in [0.2, 0.25) is 5.91 Å². The molecule has 0 aromatic carbocycles. The summed E-state index contributed by atoms with van der Waals surface area (Å²) in [5.74, 6) is -0.0856. The van der Waals surface area contributed by atoms with Crippen LogP contribution in [0.1, 0.15) is 33.6 Å². The van der Waals surface area contributed by atoms with Crippen molar-refractivity contribution in [2.45, 2.75) is 46.2 Å². The number of carbonyl (C=O) groups is 1. The van der Waals surface area contributed by atoms with Crippen LogP contribution in [0.4, 0.5) is 5.69 Å². The van der Waals surface area contributed by atoms with E-state index in [4.69, 9.17) is 5.73 Å². The van der Waals surface area contributed by atoms with E-state index in [1.165, 1.54) is 6.07 Å². The van der Waals surface area contributed by atoms with Gasteiger partial charge in [-0.1, -0.05) is 27.2 Å². The molecule has 1 aromatic rings. The van der Waals surface area contributed by atoms with Gasteiger partial charge in [0.15, 0.2) is 0 Å². The van der Waals surface area contributed by atoms with Crippen molar-refractivity contribution in [2.75, 3.05) is 5.32 Å². The molecule has 1 rings (SSSR count). The van der Waals surface area contributed by atoms with Crippen molar-refractivity contribution in [3.8, 4) is 0 Å². The van der Waals surface area contributed by atoms with Gasteiger partial charge in [-0.3, -0.25) is 9.59 Å². The molecule has 1 aromatic heterocycles. The van der Waals surface area contributed by atoms with E-state index in [1.54, 1.807) is 16.8 Å². The molecule has 0 radical (unpaired) electrons. The molecule has 19 heavy (non-hydrogen) atoms. The largest absolute Gasteiger partial charge is 0.323 e. The molecule has 3 N–H and O–H groups in total. The van der Waals surface area contributed by atoms with Crippen LogP contribution in [0.2, 0.25) is 0 Å². The van der Waals surface area contributed by atoms with Crippen LogP contribution in [0.3, 0.4) is 0 Å². The summed E-state index contributed by atoms with van der Waals surface area (Å²) in [6.45, 7) is 6.58. The number of amides is 1. The number of rotatable bonds is 6. The van der Waals surface area contributed by atoms with Crippen LogP contribution in [0, 0.1) is 5.92 Å². The van der Waals surface area contributed by atoms with E-state index in [9.17, 15) is 9.59 Å². The number of hydrogen-bond donors (Lipinski definition) is 2. The van der Waals surface area contributed by atoms with Crippen LogP contribution >= 0.6 is 0 Å². The Labute approximate surface area is 113 Å². The van der Waals surface area contributed by atoms with Gasteiger partial charge < -0.3 is 15.6 Å². The molecule has 1 heterocycles. The molecule has 106 valence electrons. The lowest BCUT2D eigenvalue weighted by molar-refractivity contribution is -0.118. The third kappa shape index (κ3) is 4.21. The lowest BCUT2D eigenvalue weighted by Gasteiger charge is -2.18. The van der Waals surface area contributed by atoms with Crippen molar-refractivity contribution in [3.63, 3.8) is 0 Å². The van der Waals surface area contributed by atoms with Gasteiger partial charge in [-0.05, 0) is 18.4 Å². The van der Waals surface area contributed by atoms with E-state index < -0.39 is 6.04 Å². The average Bonchev–Trinajstić information content (AvgIpc) is 2.41. The maximum absolute atomic E-state index is 11.9. The Morgan fingerprint density at radius 2 is 2.11 bits per heavy atom. The Morgan fingerprint density at radius 3 is 2.68 bits per heavy atom. The number of aromatic nitrogens is 1. The third-order valence-corrected chi connectivity index (χ3v) is 3.28. The highest BCUT2D eigenvalue weighted by Gasteiger charge is 2.19. The molecule has 0 aliphatic rings. The molecular formula is C14H23N3O2. The highest BCUT2D eigenvalue weighted by molar-refractivity contribution is 5.94. The van der Waals surface area contributed by atoms with E-state index >= 15 is 0 Å². The molecule has 5 heteroatoms. The quantitative estimate of drug-likeness (QED) is 0.819. The van der Waals surface area contributed by atoms with Crippen molar-refractivity contribution in [1.29, 1.82) is 0 Å². The van der Waals surface area contributed by atoms with Gasteiger partial charge in [0.05, 0.1) is 11.7 Å². The van der Waals surface area contributed by atoms with Crippen LogP contribution in [-0.2, 0) is 11.3 Å². The topological polar surface area (TPSA) is 77.1 Å². The zero-order valence-electron chi connectivity index (χ0n) is 11.8. The smallest absolute Gasteiger partial charge is 0.250 e. The van der Waals surface area contributed by atoms with E-state index in [-0.39, 0.29) is 17.4 Å². The van der Waals surface area contributed by atoms with Crippen LogP contribution in [0.15, 0.2) is 23.1 Å². The third-order valence-electron chi connectivity index (χ3n) is 3.28. The molecule has 5 nitrogen and oxygen atoms in total. The first kappa shape index (κ1) is 15.4. The molecule has 0 saturated heterocycles. The zero-order valence-corrected chi connectivity index (χ0v) is 11.8. The molecule has 0 aliphatic carbocycles. The first-order chi connectivity index (χ1) is 8.99. The van der Waals surface area contributed by atoms with Gasteiger partial charge in [-0.2, -0.15) is 0 Å². The van der Waals surface area contributed by atoms with E-state index in [1.807, 2.05) is 20.8 Å². The number of nitrogens with zero attached hydrogens (tertiary/aromatic N) is 1. The molecular weight excluding hydrogens is 242 g/mol. The maximum Gasteiger partial charge on any atom is 0.250 e. The second kappa shape index (κ2) is 7.09. The van der Waals surface area contributed by atoms with Crippen molar-refractivity contribution >= 4 is 11.6 Å². The van der Waals surface area contributed by atoms with E-state index in [2.05, 4.69) is 5.32 Å². The minimum atomic E-state index is -0.531. The summed E-state index contributed by atoms with van der Waals surface area (Å²) in [6, 6.07) is 2.53. The molecule has 0 spiro atoms. The Morgan fingerprint density at radius 1 is 1.42 bits per heavy atom. The number of aryl methyl sites for hydroxylation is 1. The molecule has 0 fully saturated rings. The highest BCUT2D eigenvalue weighted by Crippen LogP contribution is 2.09. The van der Waals surface area contributed by atoms with Crippen LogP contribution in [0.5, 0.6) is 0 Å². The van der Waals surface area contributed by atoms with Crippen LogP contribution in [-0.4, -0.2) is 16.5 Å². The van der Waals surface area contributed by atoms with E-state index in [0.717, 1.165) is 12.8 Å². The van der Waals surface area contributed by atoms with Crippen molar-refractivity contribution in [3.05, 3.63) is 28.7 Å². The molecule has 0 bridgehead atoms. The summed E-state index contributed by atoms with van der Waals surface area (Å²) < 4.78 is 1.59. The summed E-state index contributed by atoms with van der Waals surface area (Å²) in [7, 11) is 0. The summed E-state index contributed by atoms with van der Waals surface area (Å²) in [6.07, 6.45) is 3.38. The average molecular weight is 265 g/mol. The Balaban J connectivity index is 2.79. The fraction of sp³-hybridized carbons (Fsp3) is 0.571. The molecule has 1 amide bonds. The van der Waals surface area contributed by atoms with Gasteiger partial charge in [-0.25, -0.2) is 0 Å². The van der Waals surface area contributed by atoms with Gasteiger partial charge in [-0.15, -0.1) is 0 Å². The Kier molecular flexibility index (Phi) is 5.76. The van der Waals surface area contributed by atoms with Crippen LogP contribution < -0.4 is 16.6 Å². The van der Waals surface area contributed by atoms with E-state index in [0.29, 0.717) is 12.2 Å². The SMILES string of the molecule is CCCn1cc(NC(=O)C(N)C(C)CC)ccc1=O. The fourth-order valence-electron chi connectivity index (χ4n) is 1.76. The van der Waals surface area contributed by atoms with Gasteiger partial charge in [0.25, 0.3) is 5.56 Å². The Hall–Kier alpha value is -1.62. The summed E-state index contributed by atoms with van der Waals surface area (Å²) in [5, 5.41) is 2.76. The number of hydrogen-bond acceptors (Lipinski definition) is 3. The number of nitrogens with two attached hydrogens (primary N) is 1. The maximum atomic E-state index is 11.9. The number of nitrogens with one attached hydrogen (secondary N) is 1. The number of pyridine rings is 1. The van der Waals surface area contributed by atoms with Crippen molar-refractivity contribution in [2.24, 2.45) is 11.7 Å². The lowest BCUT2D eigenvalue weighted by Crippen LogP contribution is -2.40. The van der Waals surface area contributed by atoms with Crippen LogP contribution in [0.25, 0.3) is 0 Å². The summed E-state index contributed by atoms with van der Waals surface area (Å²) in [4.78, 5) is 23.5. The molecule has 0 aliphatic heterocycles.